The van der Waals surface area contributed by atoms with Crippen LogP contribution in [0.1, 0.15) is 41.6 Å². The Morgan fingerprint density at radius 3 is 2.72 bits per heavy atom. The number of carbonyl (C=O) groups is 2. The van der Waals surface area contributed by atoms with E-state index in [4.69, 9.17) is 9.84 Å². The second-order valence-corrected chi connectivity index (χ2v) is 11.7. The van der Waals surface area contributed by atoms with E-state index in [0.29, 0.717) is 43.2 Å². The van der Waals surface area contributed by atoms with Crippen molar-refractivity contribution in [2.45, 2.75) is 44.7 Å². The van der Waals surface area contributed by atoms with Gasteiger partial charge in [-0.15, -0.1) is 11.3 Å². The first kappa shape index (κ1) is 25.7. The lowest BCUT2D eigenvalue weighted by Gasteiger charge is -2.32. The number of fused-ring (bicyclic) bond motifs is 2. The van der Waals surface area contributed by atoms with E-state index in [1.165, 1.54) is 23.7 Å². The van der Waals surface area contributed by atoms with E-state index in [2.05, 4.69) is 40.2 Å². The smallest absolute Gasteiger partial charge is 0.404 e. The van der Waals surface area contributed by atoms with Crippen molar-refractivity contribution in [3.63, 3.8) is 0 Å². The molecule has 1 aliphatic heterocycles. The normalized spacial score (nSPS) is 17.6. The van der Waals surface area contributed by atoms with Crippen LogP contribution in [0.4, 0.5) is 4.79 Å². The van der Waals surface area contributed by atoms with Gasteiger partial charge in [0.15, 0.2) is 0 Å². The summed E-state index contributed by atoms with van der Waals surface area (Å²) >= 11 is 1.64. The van der Waals surface area contributed by atoms with Gasteiger partial charge in [-0.05, 0) is 67.9 Å². The highest BCUT2D eigenvalue weighted by Crippen LogP contribution is 2.46. The number of carboxylic acid groups (broad SMARTS) is 1. The highest BCUT2D eigenvalue weighted by molar-refractivity contribution is 7.22. The molecule has 2 aromatic heterocycles. The van der Waals surface area contributed by atoms with Gasteiger partial charge in [0, 0.05) is 58.8 Å². The van der Waals surface area contributed by atoms with Crippen LogP contribution in [0.2, 0.25) is 0 Å². The highest BCUT2D eigenvalue weighted by atomic mass is 32.1. The molecule has 8 nitrogen and oxygen atoms in total. The molecule has 4 aromatic rings. The van der Waals surface area contributed by atoms with Crippen molar-refractivity contribution in [1.29, 1.82) is 0 Å². The van der Waals surface area contributed by atoms with Gasteiger partial charge in [-0.1, -0.05) is 18.2 Å². The van der Waals surface area contributed by atoms with Crippen LogP contribution in [0.25, 0.3) is 31.6 Å². The Morgan fingerprint density at radius 2 is 1.97 bits per heavy atom. The van der Waals surface area contributed by atoms with Crippen LogP contribution < -0.4 is 10.1 Å². The number of amides is 2. The predicted octanol–water partition coefficient (Wildman–Crippen LogP) is 5.35. The van der Waals surface area contributed by atoms with Crippen molar-refractivity contribution >= 4 is 44.3 Å². The second-order valence-electron chi connectivity index (χ2n) is 10.6. The van der Waals surface area contributed by atoms with Crippen molar-refractivity contribution in [1.82, 2.24) is 14.8 Å². The predicted molar refractivity (Wildman–Crippen MR) is 153 cm³/mol. The minimum absolute atomic E-state index is 0.0112. The number of carbonyl (C=O) groups excluding carboxylic acids is 1. The number of nitrogens with zero attached hydrogens (tertiary/aromatic N) is 2. The molecular weight excluding hydrogens is 514 g/mol. The fourth-order valence-electron chi connectivity index (χ4n) is 5.89. The number of aliphatic hydroxyl groups excluding tert-OH is 1. The molecule has 1 atom stereocenters. The fourth-order valence-corrected chi connectivity index (χ4v) is 7.22. The van der Waals surface area contributed by atoms with Gasteiger partial charge < -0.3 is 29.7 Å². The summed E-state index contributed by atoms with van der Waals surface area (Å²) in [5.74, 6) is 1.18. The molecule has 2 aliphatic rings. The minimum Gasteiger partial charge on any atom is -0.496 e. The first-order valence-electron chi connectivity index (χ1n) is 13.6. The zero-order valence-corrected chi connectivity index (χ0v) is 22.8. The maximum atomic E-state index is 13.6. The highest BCUT2D eigenvalue weighted by Gasteiger charge is 2.29. The molecule has 0 radical (unpaired) electrons. The molecule has 1 aliphatic carbocycles. The minimum atomic E-state index is -1.07. The molecule has 39 heavy (non-hydrogen) atoms. The number of aliphatic hydroxyl groups is 1. The van der Waals surface area contributed by atoms with Crippen molar-refractivity contribution in [3.8, 4) is 16.3 Å². The van der Waals surface area contributed by atoms with E-state index in [0.717, 1.165) is 39.2 Å². The van der Waals surface area contributed by atoms with Gasteiger partial charge in [-0.3, -0.25) is 4.79 Å². The summed E-state index contributed by atoms with van der Waals surface area (Å²) in [5.41, 5.74) is 3.92. The van der Waals surface area contributed by atoms with E-state index in [-0.39, 0.29) is 18.6 Å². The van der Waals surface area contributed by atoms with Crippen LogP contribution in [0.3, 0.4) is 0 Å². The quantitative estimate of drug-likeness (QED) is 0.276. The second kappa shape index (κ2) is 10.5. The van der Waals surface area contributed by atoms with Crippen LogP contribution >= 0.6 is 11.3 Å². The first-order valence-corrected chi connectivity index (χ1v) is 14.4. The van der Waals surface area contributed by atoms with Gasteiger partial charge in [-0.25, -0.2) is 4.79 Å². The van der Waals surface area contributed by atoms with Gasteiger partial charge in [0.1, 0.15) is 5.75 Å². The van der Waals surface area contributed by atoms with Crippen LogP contribution in [0.15, 0.2) is 42.5 Å². The topological polar surface area (TPSA) is 104 Å². The van der Waals surface area contributed by atoms with E-state index in [1.807, 2.05) is 6.07 Å². The molecule has 0 unspecified atom stereocenters. The van der Waals surface area contributed by atoms with E-state index >= 15 is 0 Å². The number of thiophene rings is 1. The average Bonchev–Trinajstić information content (AvgIpc) is 3.59. The maximum absolute atomic E-state index is 13.6. The Labute approximate surface area is 230 Å². The number of rotatable bonds is 8. The molecule has 204 valence electrons. The fraction of sp³-hybridized carbons (Fsp3) is 0.400. The standard InChI is InChI=1S/C30H33N3O5S/c1-38-25-14-20(29(35)32-11-4-6-21(17-32)31-30(36)37)15-26-27(25)22(10-12-34)28(39-26)24-13-19-5-2-3-7-23(19)33(24)16-18-8-9-18/h2-3,5,7,13-15,18,21,31,34H,4,6,8-12,16-17H2,1H3,(H,36,37)/t21-/m1/s1. The molecule has 9 heteroatoms. The lowest BCUT2D eigenvalue weighted by Crippen LogP contribution is -2.49. The third kappa shape index (κ3) is 4.96. The lowest BCUT2D eigenvalue weighted by atomic mass is 10.0. The zero-order chi connectivity index (χ0) is 27.1. The van der Waals surface area contributed by atoms with Crippen LogP contribution in [0, 0.1) is 5.92 Å². The number of hydrogen-bond donors (Lipinski definition) is 3. The number of nitrogens with one attached hydrogen (secondary N) is 1. The number of likely N-dealkylation sites (tertiary alicyclic amines) is 1. The third-order valence-corrected chi connectivity index (χ3v) is 9.10. The van der Waals surface area contributed by atoms with Crippen LogP contribution in [0.5, 0.6) is 5.75 Å². The van der Waals surface area contributed by atoms with Gasteiger partial charge in [0.2, 0.25) is 0 Å². The van der Waals surface area contributed by atoms with Crippen molar-refractivity contribution in [2.75, 3.05) is 26.8 Å². The SMILES string of the molecule is COc1cc(C(=O)N2CCC[C@@H](NC(=O)O)C2)cc2sc(-c3cc4ccccc4n3CC3CC3)c(CCO)c12. The zero-order valence-electron chi connectivity index (χ0n) is 22.0. The van der Waals surface area contributed by atoms with Crippen molar-refractivity contribution < 1.29 is 24.5 Å². The summed E-state index contributed by atoms with van der Waals surface area (Å²) in [6.45, 7) is 1.91. The number of hydrogen-bond acceptors (Lipinski definition) is 5. The Morgan fingerprint density at radius 1 is 1.15 bits per heavy atom. The summed E-state index contributed by atoms with van der Waals surface area (Å²) in [5, 5.41) is 23.8. The van der Waals surface area contributed by atoms with Gasteiger partial charge in [0.25, 0.3) is 5.91 Å². The average molecular weight is 548 g/mol. The summed E-state index contributed by atoms with van der Waals surface area (Å²) in [6, 6.07) is 14.1. The third-order valence-electron chi connectivity index (χ3n) is 7.90. The number of methoxy groups -OCH3 is 1. The molecule has 2 amide bonds. The Bertz CT molecular complexity index is 1550. The number of piperidine rings is 1. The first-order chi connectivity index (χ1) is 19.0. The van der Waals surface area contributed by atoms with Crippen LogP contribution in [-0.2, 0) is 13.0 Å². The Hall–Kier alpha value is -3.56. The number of aromatic nitrogens is 1. The van der Waals surface area contributed by atoms with Gasteiger partial charge in [-0.2, -0.15) is 0 Å². The molecule has 6 rings (SSSR count). The molecule has 1 saturated heterocycles. The molecule has 2 fully saturated rings. The van der Waals surface area contributed by atoms with Crippen molar-refractivity contribution in [3.05, 3.63) is 53.6 Å². The maximum Gasteiger partial charge on any atom is 0.404 e. The number of para-hydroxylation sites is 1. The summed E-state index contributed by atoms with van der Waals surface area (Å²) in [4.78, 5) is 27.6. The number of benzene rings is 2. The lowest BCUT2D eigenvalue weighted by molar-refractivity contribution is 0.0692. The Balaban J connectivity index is 1.44. The van der Waals surface area contributed by atoms with Crippen molar-refractivity contribution in [2.24, 2.45) is 5.92 Å². The van der Waals surface area contributed by atoms with Gasteiger partial charge in [0.05, 0.1) is 17.7 Å². The van der Waals surface area contributed by atoms with E-state index in [1.54, 1.807) is 29.4 Å². The molecular formula is C30H33N3O5S. The molecule has 3 N–H and O–H groups in total. The summed E-state index contributed by atoms with van der Waals surface area (Å²) in [6.07, 6.45) is 3.37. The van der Waals surface area contributed by atoms with E-state index < -0.39 is 6.09 Å². The number of ether oxygens (including phenoxy) is 1. The molecule has 0 spiro atoms. The summed E-state index contributed by atoms with van der Waals surface area (Å²) in [7, 11) is 1.61. The molecule has 1 saturated carbocycles. The monoisotopic (exact) mass is 547 g/mol. The molecule has 2 aromatic carbocycles. The molecule has 3 heterocycles. The van der Waals surface area contributed by atoms with Crippen LogP contribution in [-0.4, -0.2) is 64.5 Å². The summed E-state index contributed by atoms with van der Waals surface area (Å²) < 4.78 is 9.20. The van der Waals surface area contributed by atoms with Gasteiger partial charge >= 0.3 is 6.09 Å². The largest absolute Gasteiger partial charge is 0.496 e. The molecule has 0 bridgehead atoms. The van der Waals surface area contributed by atoms with E-state index in [9.17, 15) is 14.7 Å². The Kier molecular flexibility index (Phi) is 6.95.